The summed E-state index contributed by atoms with van der Waals surface area (Å²) in [5, 5.41) is 3.30. The van der Waals surface area contributed by atoms with Gasteiger partial charge in [-0.15, -0.1) is 0 Å². The van der Waals surface area contributed by atoms with Crippen molar-refractivity contribution < 1.29 is 18.4 Å². The maximum absolute atomic E-state index is 13.0. The maximum atomic E-state index is 13.0. The van der Waals surface area contributed by atoms with Crippen LogP contribution in [0.3, 0.4) is 0 Å². The first-order valence-electron chi connectivity index (χ1n) is 8.44. The molecule has 5 nitrogen and oxygen atoms in total. The number of amides is 1. The Labute approximate surface area is 154 Å². The molecule has 1 atom stereocenters. The molecule has 1 amide bonds. The molecule has 0 aliphatic heterocycles. The van der Waals surface area contributed by atoms with E-state index in [9.17, 15) is 18.8 Å². The number of hydrogen-bond acceptors (Lipinski definition) is 4. The molecule has 138 valence electrons. The van der Waals surface area contributed by atoms with Gasteiger partial charge in [0.1, 0.15) is 23.1 Å². The zero-order chi connectivity index (χ0) is 19.6. The molecule has 0 unspecified atom stereocenters. The van der Waals surface area contributed by atoms with Gasteiger partial charge in [-0.3, -0.25) is 9.59 Å². The smallest absolute Gasteiger partial charge is 0.336 e. The maximum Gasteiger partial charge on any atom is 0.336 e. The summed E-state index contributed by atoms with van der Waals surface area (Å²) in [5.41, 5.74) is 1.76. The number of benzene rings is 2. The Morgan fingerprint density at radius 2 is 1.81 bits per heavy atom. The second kappa shape index (κ2) is 7.53. The summed E-state index contributed by atoms with van der Waals surface area (Å²) in [6, 6.07) is 12.0. The SMILES string of the molecule is CC(=O)[C@H](Cc1cc(=O)oc2cc(C)ccc12)C(=O)Nc1ccc(F)cc1. The summed E-state index contributed by atoms with van der Waals surface area (Å²) in [4.78, 5) is 36.6. The molecule has 0 spiro atoms. The molecule has 27 heavy (non-hydrogen) atoms. The summed E-state index contributed by atoms with van der Waals surface area (Å²) < 4.78 is 18.2. The standard InChI is InChI=1S/C21H18FNO4/c1-12-3-8-17-14(11-20(25)27-19(17)9-12)10-18(13(2)24)21(26)23-16-6-4-15(22)5-7-16/h3-9,11,18H,10H2,1-2H3,(H,23,26)/t18-/m0/s1. The van der Waals surface area contributed by atoms with Crippen molar-refractivity contribution in [2.45, 2.75) is 20.3 Å². The third kappa shape index (κ3) is 4.28. The van der Waals surface area contributed by atoms with Crippen LogP contribution in [0.25, 0.3) is 11.0 Å². The molecular formula is C21H18FNO4. The molecule has 0 saturated carbocycles. The van der Waals surface area contributed by atoms with Gasteiger partial charge >= 0.3 is 5.63 Å². The highest BCUT2D eigenvalue weighted by Gasteiger charge is 2.25. The fraction of sp³-hybridized carbons (Fsp3) is 0.190. The highest BCUT2D eigenvalue weighted by atomic mass is 19.1. The van der Waals surface area contributed by atoms with Crippen LogP contribution in [0.2, 0.25) is 0 Å². The van der Waals surface area contributed by atoms with Crippen molar-refractivity contribution in [3.05, 3.63) is 75.9 Å². The second-order valence-corrected chi connectivity index (χ2v) is 6.45. The van der Waals surface area contributed by atoms with Crippen molar-refractivity contribution in [1.29, 1.82) is 0 Å². The minimum absolute atomic E-state index is 0.0630. The molecule has 0 aliphatic carbocycles. The highest BCUT2D eigenvalue weighted by molar-refractivity contribution is 6.06. The Hall–Kier alpha value is -3.28. The fourth-order valence-electron chi connectivity index (χ4n) is 2.91. The van der Waals surface area contributed by atoms with Crippen LogP contribution >= 0.6 is 0 Å². The van der Waals surface area contributed by atoms with Crippen LogP contribution in [-0.4, -0.2) is 11.7 Å². The number of hydrogen-bond donors (Lipinski definition) is 1. The molecule has 1 heterocycles. The summed E-state index contributed by atoms with van der Waals surface area (Å²) in [6.07, 6.45) is 0.0630. The summed E-state index contributed by atoms with van der Waals surface area (Å²) >= 11 is 0. The first-order valence-corrected chi connectivity index (χ1v) is 8.44. The van der Waals surface area contributed by atoms with Gasteiger partial charge in [-0.1, -0.05) is 12.1 Å². The van der Waals surface area contributed by atoms with Crippen molar-refractivity contribution >= 4 is 28.3 Å². The molecule has 3 rings (SSSR count). The lowest BCUT2D eigenvalue weighted by Crippen LogP contribution is -2.30. The molecule has 1 N–H and O–H groups in total. The van der Waals surface area contributed by atoms with E-state index in [1.807, 2.05) is 13.0 Å². The molecule has 1 aromatic heterocycles. The van der Waals surface area contributed by atoms with Crippen LogP contribution in [0.15, 0.2) is 57.7 Å². The van der Waals surface area contributed by atoms with E-state index in [2.05, 4.69) is 5.32 Å². The van der Waals surface area contributed by atoms with Gasteiger partial charge in [0.05, 0.1) is 0 Å². The van der Waals surface area contributed by atoms with E-state index < -0.39 is 23.3 Å². The molecule has 0 fully saturated rings. The van der Waals surface area contributed by atoms with Crippen molar-refractivity contribution in [2.75, 3.05) is 5.32 Å². The number of Topliss-reactive ketones (excluding diaryl/α,β-unsaturated/α-hetero) is 1. The number of ketones is 1. The number of halogens is 1. The van der Waals surface area contributed by atoms with Gasteiger partial charge in [0.25, 0.3) is 0 Å². The lowest BCUT2D eigenvalue weighted by Gasteiger charge is -2.15. The highest BCUT2D eigenvalue weighted by Crippen LogP contribution is 2.22. The van der Waals surface area contributed by atoms with Crippen LogP contribution in [-0.2, 0) is 16.0 Å². The third-order valence-corrected chi connectivity index (χ3v) is 4.33. The number of rotatable bonds is 5. The molecule has 0 saturated heterocycles. The van der Waals surface area contributed by atoms with Gasteiger partial charge < -0.3 is 9.73 Å². The predicted octanol–water partition coefficient (Wildman–Crippen LogP) is 3.63. The van der Waals surface area contributed by atoms with E-state index in [1.165, 1.54) is 37.3 Å². The summed E-state index contributed by atoms with van der Waals surface area (Å²) in [5.74, 6) is -2.25. The van der Waals surface area contributed by atoms with E-state index >= 15 is 0 Å². The molecule has 3 aromatic rings. The zero-order valence-electron chi connectivity index (χ0n) is 14.9. The normalized spacial score (nSPS) is 12.0. The lowest BCUT2D eigenvalue weighted by molar-refractivity contribution is -0.129. The molecule has 6 heteroatoms. The van der Waals surface area contributed by atoms with Gasteiger partial charge in [0.15, 0.2) is 0 Å². The summed E-state index contributed by atoms with van der Waals surface area (Å²) in [7, 11) is 0. The van der Waals surface area contributed by atoms with Gasteiger partial charge in [0, 0.05) is 17.1 Å². The van der Waals surface area contributed by atoms with Crippen LogP contribution in [0.4, 0.5) is 10.1 Å². The van der Waals surface area contributed by atoms with Crippen molar-refractivity contribution in [1.82, 2.24) is 0 Å². The van der Waals surface area contributed by atoms with Gasteiger partial charge in [-0.25, -0.2) is 9.18 Å². The number of anilines is 1. The number of carbonyl (C=O) groups excluding carboxylic acids is 2. The quantitative estimate of drug-likeness (QED) is 0.552. The Bertz CT molecular complexity index is 1070. The Balaban J connectivity index is 1.91. The number of fused-ring (bicyclic) bond motifs is 1. The first kappa shape index (κ1) is 18.5. The Kier molecular flexibility index (Phi) is 5.16. The van der Waals surface area contributed by atoms with Crippen molar-refractivity contribution in [2.24, 2.45) is 5.92 Å². The molecule has 0 radical (unpaired) electrons. The minimum Gasteiger partial charge on any atom is -0.423 e. The molecule has 2 aromatic carbocycles. The first-order chi connectivity index (χ1) is 12.8. The van der Waals surface area contributed by atoms with Crippen molar-refractivity contribution in [3.8, 4) is 0 Å². The van der Waals surface area contributed by atoms with Gasteiger partial charge in [0.2, 0.25) is 5.91 Å². The zero-order valence-corrected chi connectivity index (χ0v) is 14.9. The second-order valence-electron chi connectivity index (χ2n) is 6.45. The number of nitrogens with one attached hydrogen (secondary N) is 1. The average Bonchev–Trinajstić information content (AvgIpc) is 2.60. The monoisotopic (exact) mass is 367 g/mol. The van der Waals surface area contributed by atoms with E-state index in [0.717, 1.165) is 5.56 Å². The molecular weight excluding hydrogens is 349 g/mol. The minimum atomic E-state index is -0.985. The number of aryl methyl sites for hydroxylation is 1. The Morgan fingerprint density at radius 3 is 2.48 bits per heavy atom. The third-order valence-electron chi connectivity index (χ3n) is 4.33. The largest absolute Gasteiger partial charge is 0.423 e. The van der Waals surface area contributed by atoms with E-state index in [1.54, 1.807) is 12.1 Å². The molecule has 0 bridgehead atoms. The predicted molar refractivity (Wildman–Crippen MR) is 100 cm³/mol. The fourth-order valence-corrected chi connectivity index (χ4v) is 2.91. The molecule has 0 aliphatic rings. The van der Waals surface area contributed by atoms with E-state index in [0.29, 0.717) is 22.2 Å². The topological polar surface area (TPSA) is 76.4 Å². The summed E-state index contributed by atoms with van der Waals surface area (Å²) in [6.45, 7) is 3.20. The lowest BCUT2D eigenvalue weighted by atomic mass is 9.93. The van der Waals surface area contributed by atoms with Crippen molar-refractivity contribution in [3.63, 3.8) is 0 Å². The van der Waals surface area contributed by atoms with Crippen LogP contribution in [0.5, 0.6) is 0 Å². The van der Waals surface area contributed by atoms with Crippen LogP contribution in [0, 0.1) is 18.7 Å². The Morgan fingerprint density at radius 1 is 1.11 bits per heavy atom. The van der Waals surface area contributed by atoms with Gasteiger partial charge in [-0.05, 0) is 61.7 Å². The van der Waals surface area contributed by atoms with Gasteiger partial charge in [-0.2, -0.15) is 0 Å². The average molecular weight is 367 g/mol. The van der Waals surface area contributed by atoms with E-state index in [4.69, 9.17) is 4.42 Å². The van der Waals surface area contributed by atoms with Crippen LogP contribution in [0.1, 0.15) is 18.1 Å². The van der Waals surface area contributed by atoms with Crippen LogP contribution < -0.4 is 10.9 Å². The van der Waals surface area contributed by atoms with E-state index in [-0.39, 0.29) is 12.2 Å². The number of carbonyl (C=O) groups is 2.